The molecule has 0 aliphatic heterocycles. The second-order valence-electron chi connectivity index (χ2n) is 5.99. The van der Waals surface area contributed by atoms with Crippen molar-refractivity contribution >= 4 is 54.0 Å². The van der Waals surface area contributed by atoms with Gasteiger partial charge >= 0.3 is 0 Å². The van der Waals surface area contributed by atoms with Gasteiger partial charge in [0, 0.05) is 11.4 Å². The van der Waals surface area contributed by atoms with Crippen molar-refractivity contribution in [2.24, 2.45) is 0 Å². The fourth-order valence-corrected chi connectivity index (χ4v) is 4.73. The minimum Gasteiger partial charge on any atom is -0.302 e. The standard InChI is InChI=1S/C18H17ClN2O3S2/c1-11-9-15-16(10-12(11)2)25-18(20-15)21-17(22)7-8-26(23,24)14-5-3-13(19)4-6-14/h3-6,9-10H,7-8H2,1-2H3,(H,20,21,22). The number of fused-ring (bicyclic) bond motifs is 1. The van der Waals surface area contributed by atoms with E-state index >= 15 is 0 Å². The molecule has 0 saturated heterocycles. The average molecular weight is 409 g/mol. The average Bonchev–Trinajstić information content (AvgIpc) is 2.95. The zero-order chi connectivity index (χ0) is 18.9. The van der Waals surface area contributed by atoms with Crippen LogP contribution in [0.1, 0.15) is 17.5 Å². The van der Waals surface area contributed by atoms with E-state index in [0.717, 1.165) is 21.3 Å². The summed E-state index contributed by atoms with van der Waals surface area (Å²) >= 11 is 7.14. The Morgan fingerprint density at radius 2 is 1.81 bits per heavy atom. The Hall–Kier alpha value is -1.96. The number of hydrogen-bond donors (Lipinski definition) is 1. The SMILES string of the molecule is Cc1cc2nc(NC(=O)CCS(=O)(=O)c3ccc(Cl)cc3)sc2cc1C. The molecule has 136 valence electrons. The number of thiazole rings is 1. The van der Waals surface area contributed by atoms with Crippen LogP contribution in [0, 0.1) is 13.8 Å². The number of anilines is 1. The van der Waals surface area contributed by atoms with Gasteiger partial charge in [0.25, 0.3) is 0 Å². The number of aromatic nitrogens is 1. The van der Waals surface area contributed by atoms with Gasteiger partial charge in [0.15, 0.2) is 15.0 Å². The van der Waals surface area contributed by atoms with Crippen LogP contribution in [0.25, 0.3) is 10.2 Å². The number of sulfone groups is 1. The van der Waals surface area contributed by atoms with Crippen molar-refractivity contribution in [3.63, 3.8) is 0 Å². The Kier molecular flexibility index (Phi) is 5.32. The van der Waals surface area contributed by atoms with Crippen LogP contribution in [-0.2, 0) is 14.6 Å². The Morgan fingerprint density at radius 1 is 1.15 bits per heavy atom. The number of amides is 1. The van der Waals surface area contributed by atoms with E-state index in [4.69, 9.17) is 11.6 Å². The lowest BCUT2D eigenvalue weighted by molar-refractivity contribution is -0.115. The maximum atomic E-state index is 12.3. The van der Waals surface area contributed by atoms with Gasteiger partial charge in [-0.25, -0.2) is 13.4 Å². The number of hydrogen-bond acceptors (Lipinski definition) is 5. The third-order valence-electron chi connectivity index (χ3n) is 4.02. The van der Waals surface area contributed by atoms with E-state index < -0.39 is 9.84 Å². The first-order chi connectivity index (χ1) is 12.2. The number of halogens is 1. The molecular formula is C18H17ClN2O3S2. The van der Waals surface area contributed by atoms with E-state index in [1.165, 1.54) is 35.6 Å². The molecule has 26 heavy (non-hydrogen) atoms. The highest BCUT2D eigenvalue weighted by Crippen LogP contribution is 2.28. The van der Waals surface area contributed by atoms with Crippen molar-refractivity contribution in [2.45, 2.75) is 25.2 Å². The summed E-state index contributed by atoms with van der Waals surface area (Å²) in [5.41, 5.74) is 3.12. The first kappa shape index (κ1) is 18.8. The van der Waals surface area contributed by atoms with Crippen LogP contribution in [0.2, 0.25) is 5.02 Å². The number of carbonyl (C=O) groups is 1. The van der Waals surface area contributed by atoms with Crippen molar-refractivity contribution in [3.05, 3.63) is 52.5 Å². The molecule has 0 unspecified atom stereocenters. The second-order valence-corrected chi connectivity index (χ2v) is 9.57. The van der Waals surface area contributed by atoms with Crippen LogP contribution in [0.4, 0.5) is 5.13 Å². The molecule has 8 heteroatoms. The molecule has 0 fully saturated rings. The number of benzene rings is 2. The third kappa shape index (κ3) is 4.23. The maximum absolute atomic E-state index is 12.3. The van der Waals surface area contributed by atoms with Crippen molar-refractivity contribution in [1.29, 1.82) is 0 Å². The van der Waals surface area contributed by atoms with Crippen molar-refractivity contribution in [1.82, 2.24) is 4.98 Å². The predicted molar refractivity (Wildman–Crippen MR) is 106 cm³/mol. The van der Waals surface area contributed by atoms with E-state index in [1.54, 1.807) is 0 Å². The largest absolute Gasteiger partial charge is 0.302 e. The summed E-state index contributed by atoms with van der Waals surface area (Å²) in [4.78, 5) is 16.7. The molecule has 0 bridgehead atoms. The Balaban J connectivity index is 1.66. The minimum atomic E-state index is -3.54. The van der Waals surface area contributed by atoms with Gasteiger partial charge in [-0.05, 0) is 61.4 Å². The number of carbonyl (C=O) groups excluding carboxylic acids is 1. The first-order valence-electron chi connectivity index (χ1n) is 7.90. The topological polar surface area (TPSA) is 76.1 Å². The highest BCUT2D eigenvalue weighted by atomic mass is 35.5. The normalized spacial score (nSPS) is 11.7. The summed E-state index contributed by atoms with van der Waals surface area (Å²) in [5.74, 6) is -0.654. The molecular weight excluding hydrogens is 392 g/mol. The van der Waals surface area contributed by atoms with Crippen LogP contribution >= 0.6 is 22.9 Å². The maximum Gasteiger partial charge on any atom is 0.227 e. The summed E-state index contributed by atoms with van der Waals surface area (Å²) in [6.07, 6.45) is -0.140. The van der Waals surface area contributed by atoms with Gasteiger partial charge in [0.05, 0.1) is 20.9 Å². The van der Waals surface area contributed by atoms with E-state index in [2.05, 4.69) is 10.3 Å². The quantitative estimate of drug-likeness (QED) is 0.680. The monoisotopic (exact) mass is 408 g/mol. The van der Waals surface area contributed by atoms with Gasteiger partial charge in [-0.15, -0.1) is 0 Å². The summed E-state index contributed by atoms with van der Waals surface area (Å²) in [5, 5.41) is 3.62. The van der Waals surface area contributed by atoms with Gasteiger partial charge < -0.3 is 5.32 Å². The van der Waals surface area contributed by atoms with Gasteiger partial charge in [-0.2, -0.15) is 0 Å². The highest BCUT2D eigenvalue weighted by Gasteiger charge is 2.17. The molecule has 1 aromatic heterocycles. The molecule has 3 rings (SSSR count). The molecule has 0 spiro atoms. The Labute approximate surface area is 160 Å². The zero-order valence-corrected chi connectivity index (χ0v) is 16.6. The number of rotatable bonds is 5. The van der Waals surface area contributed by atoms with Crippen molar-refractivity contribution in [3.8, 4) is 0 Å². The van der Waals surface area contributed by atoms with Crippen LogP contribution in [0.5, 0.6) is 0 Å². The number of nitrogens with zero attached hydrogens (tertiary/aromatic N) is 1. The van der Waals surface area contributed by atoms with Gasteiger partial charge in [0.2, 0.25) is 5.91 Å². The van der Waals surface area contributed by atoms with Crippen LogP contribution in [0.3, 0.4) is 0 Å². The predicted octanol–water partition coefficient (Wildman–Crippen LogP) is 4.37. The number of nitrogens with one attached hydrogen (secondary N) is 1. The van der Waals surface area contributed by atoms with Crippen LogP contribution in [0.15, 0.2) is 41.3 Å². The van der Waals surface area contributed by atoms with Crippen molar-refractivity contribution < 1.29 is 13.2 Å². The van der Waals surface area contributed by atoms with Crippen LogP contribution < -0.4 is 5.32 Å². The van der Waals surface area contributed by atoms with E-state index in [-0.39, 0.29) is 23.0 Å². The second kappa shape index (κ2) is 7.34. The lowest BCUT2D eigenvalue weighted by Crippen LogP contribution is -2.17. The molecule has 1 amide bonds. The fourth-order valence-electron chi connectivity index (χ4n) is 2.40. The lowest BCUT2D eigenvalue weighted by atomic mass is 10.1. The number of aryl methyl sites for hydroxylation is 2. The van der Waals surface area contributed by atoms with Gasteiger partial charge in [-0.1, -0.05) is 22.9 Å². The van der Waals surface area contributed by atoms with E-state index in [0.29, 0.717) is 10.2 Å². The minimum absolute atomic E-state index is 0.140. The van der Waals surface area contributed by atoms with Crippen molar-refractivity contribution in [2.75, 3.05) is 11.1 Å². The lowest BCUT2D eigenvalue weighted by Gasteiger charge is -2.04. The summed E-state index contributed by atoms with van der Waals surface area (Å²) in [6.45, 7) is 4.03. The Morgan fingerprint density at radius 3 is 2.50 bits per heavy atom. The molecule has 0 aliphatic rings. The summed E-state index contributed by atoms with van der Waals surface area (Å²) < 4.78 is 25.5. The van der Waals surface area contributed by atoms with Gasteiger partial charge in [0.1, 0.15) is 0 Å². The molecule has 2 aromatic carbocycles. The molecule has 3 aromatic rings. The fraction of sp³-hybridized carbons (Fsp3) is 0.222. The van der Waals surface area contributed by atoms with Gasteiger partial charge in [-0.3, -0.25) is 4.79 Å². The summed E-state index contributed by atoms with van der Waals surface area (Å²) in [6, 6.07) is 9.91. The molecule has 0 atom stereocenters. The third-order valence-corrected chi connectivity index (χ3v) is 6.94. The first-order valence-corrected chi connectivity index (χ1v) is 10.8. The molecule has 0 radical (unpaired) electrons. The zero-order valence-electron chi connectivity index (χ0n) is 14.2. The Bertz CT molecular complexity index is 1030. The molecule has 1 heterocycles. The highest BCUT2D eigenvalue weighted by molar-refractivity contribution is 7.91. The molecule has 5 nitrogen and oxygen atoms in total. The molecule has 0 aliphatic carbocycles. The smallest absolute Gasteiger partial charge is 0.227 e. The molecule has 0 saturated carbocycles. The molecule has 1 N–H and O–H groups in total. The van der Waals surface area contributed by atoms with E-state index in [9.17, 15) is 13.2 Å². The summed E-state index contributed by atoms with van der Waals surface area (Å²) in [7, 11) is -3.54. The van der Waals surface area contributed by atoms with Crippen LogP contribution in [-0.4, -0.2) is 25.1 Å². The van der Waals surface area contributed by atoms with E-state index in [1.807, 2.05) is 26.0 Å².